The molecule has 100 valence electrons. The molecule has 0 aliphatic rings. The molecule has 1 rings (SSSR count). The zero-order chi connectivity index (χ0) is 13.4. The number of carbonyl (C=O) groups is 1. The molecule has 0 radical (unpaired) electrons. The Labute approximate surface area is 114 Å². The second kappa shape index (κ2) is 8.16. The van der Waals surface area contributed by atoms with Crippen molar-refractivity contribution in [2.75, 3.05) is 12.8 Å². The summed E-state index contributed by atoms with van der Waals surface area (Å²) in [6.07, 6.45) is 5.13. The van der Waals surface area contributed by atoms with Crippen LogP contribution in [0.15, 0.2) is 29.2 Å². The summed E-state index contributed by atoms with van der Waals surface area (Å²) >= 11 is 1.58. The third-order valence-electron chi connectivity index (χ3n) is 2.88. The van der Waals surface area contributed by atoms with Crippen molar-refractivity contribution in [2.24, 2.45) is 5.73 Å². The van der Waals surface area contributed by atoms with Crippen LogP contribution in [0.4, 0.5) is 0 Å². The van der Waals surface area contributed by atoms with E-state index in [1.165, 1.54) is 0 Å². The van der Waals surface area contributed by atoms with Crippen molar-refractivity contribution in [2.45, 2.75) is 37.1 Å². The molecule has 0 heterocycles. The first-order chi connectivity index (χ1) is 8.72. The van der Waals surface area contributed by atoms with E-state index in [9.17, 15) is 4.79 Å². The highest BCUT2D eigenvalue weighted by molar-refractivity contribution is 7.98. The highest BCUT2D eigenvalue weighted by Gasteiger charge is 2.14. The number of nitrogens with two attached hydrogens (primary N) is 1. The van der Waals surface area contributed by atoms with Gasteiger partial charge in [-0.25, -0.2) is 0 Å². The van der Waals surface area contributed by atoms with Crippen molar-refractivity contribution in [1.82, 2.24) is 5.32 Å². The molecule has 1 aromatic rings. The molecule has 0 bridgehead atoms. The monoisotopic (exact) mass is 266 g/mol. The van der Waals surface area contributed by atoms with Gasteiger partial charge in [0.1, 0.15) is 0 Å². The minimum absolute atomic E-state index is 0.0218. The normalized spacial score (nSPS) is 12.2. The van der Waals surface area contributed by atoms with Crippen LogP contribution >= 0.6 is 11.8 Å². The van der Waals surface area contributed by atoms with Gasteiger partial charge in [0.05, 0.1) is 5.56 Å². The Morgan fingerprint density at radius 3 is 2.78 bits per heavy atom. The second-order valence-electron chi connectivity index (χ2n) is 4.25. The zero-order valence-electron chi connectivity index (χ0n) is 11.1. The molecule has 3 nitrogen and oxygen atoms in total. The average molecular weight is 266 g/mol. The molecule has 0 spiro atoms. The Morgan fingerprint density at radius 1 is 1.44 bits per heavy atom. The number of hydrogen-bond acceptors (Lipinski definition) is 3. The summed E-state index contributed by atoms with van der Waals surface area (Å²) in [4.78, 5) is 13.2. The molecule has 18 heavy (non-hydrogen) atoms. The van der Waals surface area contributed by atoms with Crippen LogP contribution in [-0.2, 0) is 0 Å². The number of carbonyl (C=O) groups excluding carboxylic acids is 1. The zero-order valence-corrected chi connectivity index (χ0v) is 11.9. The van der Waals surface area contributed by atoms with Gasteiger partial charge in [0.15, 0.2) is 0 Å². The number of benzene rings is 1. The van der Waals surface area contributed by atoms with Crippen molar-refractivity contribution in [1.29, 1.82) is 0 Å². The molecule has 0 saturated carbocycles. The Kier molecular flexibility index (Phi) is 6.83. The number of unbranched alkanes of at least 4 members (excludes halogenated alkanes) is 1. The van der Waals surface area contributed by atoms with Crippen LogP contribution < -0.4 is 11.1 Å². The van der Waals surface area contributed by atoms with Gasteiger partial charge in [-0.15, -0.1) is 11.8 Å². The second-order valence-corrected chi connectivity index (χ2v) is 5.10. The van der Waals surface area contributed by atoms with E-state index in [2.05, 4.69) is 12.2 Å². The van der Waals surface area contributed by atoms with E-state index in [1.54, 1.807) is 11.8 Å². The van der Waals surface area contributed by atoms with Crippen molar-refractivity contribution >= 4 is 17.7 Å². The predicted molar refractivity (Wildman–Crippen MR) is 78.1 cm³/mol. The number of rotatable bonds is 7. The van der Waals surface area contributed by atoms with Crippen LogP contribution in [0.2, 0.25) is 0 Å². The lowest BCUT2D eigenvalue weighted by Gasteiger charge is -2.17. The van der Waals surface area contributed by atoms with Gasteiger partial charge in [-0.05, 0) is 24.8 Å². The smallest absolute Gasteiger partial charge is 0.252 e. The molecule has 0 saturated heterocycles. The van der Waals surface area contributed by atoms with Crippen LogP contribution in [0.5, 0.6) is 0 Å². The Hall–Kier alpha value is -1.00. The highest BCUT2D eigenvalue weighted by Crippen LogP contribution is 2.19. The molecule has 0 aliphatic carbocycles. The number of nitrogens with one attached hydrogen (secondary N) is 1. The van der Waals surface area contributed by atoms with Crippen LogP contribution in [0.25, 0.3) is 0 Å². The van der Waals surface area contributed by atoms with Gasteiger partial charge in [0.25, 0.3) is 5.91 Å². The topological polar surface area (TPSA) is 55.1 Å². The van der Waals surface area contributed by atoms with Crippen molar-refractivity contribution in [3.63, 3.8) is 0 Å². The maximum absolute atomic E-state index is 12.2. The molecule has 1 atom stereocenters. The minimum Gasteiger partial charge on any atom is -0.348 e. The Balaban J connectivity index is 2.68. The van der Waals surface area contributed by atoms with Crippen molar-refractivity contribution in [3.8, 4) is 0 Å². The molecular weight excluding hydrogens is 244 g/mol. The van der Waals surface area contributed by atoms with Crippen LogP contribution in [0, 0.1) is 0 Å². The van der Waals surface area contributed by atoms with Gasteiger partial charge in [-0.2, -0.15) is 0 Å². The van der Waals surface area contributed by atoms with E-state index < -0.39 is 0 Å². The molecule has 4 heteroatoms. The summed E-state index contributed by atoms with van der Waals surface area (Å²) in [5, 5.41) is 3.02. The standard InChI is InChI=1S/C14H22N2OS/c1-3-4-7-11(10-15)16-14(17)12-8-5-6-9-13(12)18-2/h5-6,8-9,11H,3-4,7,10,15H2,1-2H3,(H,16,17). The van der Waals surface area contributed by atoms with Gasteiger partial charge in [-0.3, -0.25) is 4.79 Å². The third-order valence-corrected chi connectivity index (χ3v) is 3.67. The van der Waals surface area contributed by atoms with E-state index in [1.807, 2.05) is 30.5 Å². The Morgan fingerprint density at radius 2 is 2.17 bits per heavy atom. The lowest BCUT2D eigenvalue weighted by molar-refractivity contribution is 0.0933. The number of thioether (sulfide) groups is 1. The fraction of sp³-hybridized carbons (Fsp3) is 0.500. The summed E-state index contributed by atoms with van der Waals surface area (Å²) in [6, 6.07) is 7.72. The lowest BCUT2D eigenvalue weighted by Crippen LogP contribution is -2.40. The molecule has 3 N–H and O–H groups in total. The maximum atomic E-state index is 12.2. The van der Waals surface area contributed by atoms with Crippen molar-refractivity contribution in [3.05, 3.63) is 29.8 Å². The summed E-state index contributed by atoms with van der Waals surface area (Å²) in [6.45, 7) is 2.63. The summed E-state index contributed by atoms with van der Waals surface area (Å²) < 4.78 is 0. The van der Waals surface area contributed by atoms with E-state index >= 15 is 0 Å². The summed E-state index contributed by atoms with van der Waals surface area (Å²) in [5.41, 5.74) is 6.43. The number of amides is 1. The number of hydrogen-bond donors (Lipinski definition) is 2. The predicted octanol–water partition coefficient (Wildman–Crippen LogP) is 2.66. The van der Waals surface area contributed by atoms with Crippen molar-refractivity contribution < 1.29 is 4.79 Å². The fourth-order valence-electron chi connectivity index (χ4n) is 1.79. The molecule has 0 aromatic heterocycles. The summed E-state index contributed by atoms with van der Waals surface area (Å²) in [5.74, 6) is -0.0218. The van der Waals surface area contributed by atoms with Gasteiger partial charge in [0.2, 0.25) is 0 Å². The molecule has 1 aromatic carbocycles. The maximum Gasteiger partial charge on any atom is 0.252 e. The van der Waals surface area contributed by atoms with Gasteiger partial charge in [-0.1, -0.05) is 31.9 Å². The lowest BCUT2D eigenvalue weighted by atomic mass is 10.1. The SMILES string of the molecule is CCCCC(CN)NC(=O)c1ccccc1SC. The molecular formula is C14H22N2OS. The van der Waals surface area contributed by atoms with Gasteiger partial charge >= 0.3 is 0 Å². The molecule has 1 unspecified atom stereocenters. The van der Waals surface area contributed by atoms with E-state index in [0.717, 1.165) is 29.7 Å². The average Bonchev–Trinajstić information content (AvgIpc) is 2.43. The summed E-state index contributed by atoms with van der Waals surface area (Å²) in [7, 11) is 0. The van der Waals surface area contributed by atoms with E-state index in [4.69, 9.17) is 5.73 Å². The van der Waals surface area contributed by atoms with E-state index in [0.29, 0.717) is 6.54 Å². The quantitative estimate of drug-likeness (QED) is 0.746. The van der Waals surface area contributed by atoms with Gasteiger partial charge in [0, 0.05) is 17.5 Å². The van der Waals surface area contributed by atoms with Gasteiger partial charge < -0.3 is 11.1 Å². The Bertz CT molecular complexity index is 382. The van der Waals surface area contributed by atoms with Crippen LogP contribution in [0.1, 0.15) is 36.5 Å². The highest BCUT2D eigenvalue weighted by atomic mass is 32.2. The third kappa shape index (κ3) is 4.35. The fourth-order valence-corrected chi connectivity index (χ4v) is 2.39. The molecule has 0 fully saturated rings. The molecule has 1 amide bonds. The van der Waals surface area contributed by atoms with E-state index in [-0.39, 0.29) is 11.9 Å². The first kappa shape index (κ1) is 15.1. The minimum atomic E-state index is -0.0218. The largest absolute Gasteiger partial charge is 0.348 e. The molecule has 0 aliphatic heterocycles. The van der Waals surface area contributed by atoms with Crippen LogP contribution in [0.3, 0.4) is 0 Å². The van der Waals surface area contributed by atoms with Crippen LogP contribution in [-0.4, -0.2) is 24.7 Å². The first-order valence-corrected chi connectivity index (χ1v) is 7.59. The first-order valence-electron chi connectivity index (χ1n) is 6.36.